The highest BCUT2D eigenvalue weighted by atomic mass is 35.5. The highest BCUT2D eigenvalue weighted by Gasteiger charge is 2.25. The molecule has 0 fully saturated rings. The van der Waals surface area contributed by atoms with E-state index in [2.05, 4.69) is 4.98 Å². The van der Waals surface area contributed by atoms with E-state index in [4.69, 9.17) is 38.1 Å². The number of anilines is 1. The van der Waals surface area contributed by atoms with Crippen molar-refractivity contribution in [2.75, 3.05) is 39.5 Å². The normalized spacial score (nSPS) is 15.0. The second-order valence-electron chi connectivity index (χ2n) is 8.44. The Bertz CT molecular complexity index is 1270. The zero-order valence-electron chi connectivity index (χ0n) is 19.1. The summed E-state index contributed by atoms with van der Waals surface area (Å²) >= 11 is 12.4. The smallest absolute Gasteiger partial charge is 0.237 e. The minimum atomic E-state index is -0.718. The minimum absolute atomic E-state index is 0.0890. The Morgan fingerprint density at radius 3 is 2.82 bits per heavy atom. The molecule has 0 saturated heterocycles. The van der Waals surface area contributed by atoms with Crippen LogP contribution in [-0.4, -0.2) is 54.4 Å². The molecule has 2 N–H and O–H groups in total. The summed E-state index contributed by atoms with van der Waals surface area (Å²) in [6.45, 7) is 3.20. The quantitative estimate of drug-likeness (QED) is 0.464. The molecule has 0 aliphatic carbocycles. The standard InChI is InChI=1S/C24H25Cl2FN4O3/c1-13(20-17(25)4-5-18(27)21(20)26)34-23-22-15(10-29-24(23)28)16(12-33-22)14-6-8-31(9-7-14)19(32)11-30(2)3/h4-6,10,12-13H,7-9,11H2,1-3H3,(H2,28,29). The first-order valence-electron chi connectivity index (χ1n) is 10.7. The van der Waals surface area contributed by atoms with Crippen molar-refractivity contribution in [3.05, 3.63) is 57.7 Å². The number of likely N-dealkylation sites (N-methyl/N-ethyl adjacent to an activating group) is 1. The third kappa shape index (κ3) is 4.71. The van der Waals surface area contributed by atoms with Gasteiger partial charge in [-0.15, -0.1) is 0 Å². The topological polar surface area (TPSA) is 84.8 Å². The number of amides is 1. The highest BCUT2D eigenvalue weighted by Crippen LogP contribution is 2.41. The van der Waals surface area contributed by atoms with Crippen LogP contribution in [0.2, 0.25) is 10.0 Å². The van der Waals surface area contributed by atoms with Crippen LogP contribution in [0.3, 0.4) is 0 Å². The minimum Gasteiger partial charge on any atom is -0.478 e. The van der Waals surface area contributed by atoms with Crippen LogP contribution >= 0.6 is 23.2 Å². The van der Waals surface area contributed by atoms with Crippen LogP contribution in [0.15, 0.2) is 35.1 Å². The number of carbonyl (C=O) groups is 1. The summed E-state index contributed by atoms with van der Waals surface area (Å²) < 4.78 is 25.9. The van der Waals surface area contributed by atoms with Crippen molar-refractivity contribution in [3.8, 4) is 5.75 Å². The fourth-order valence-corrected chi connectivity index (χ4v) is 4.68. The van der Waals surface area contributed by atoms with Gasteiger partial charge in [0.2, 0.25) is 11.7 Å². The Labute approximate surface area is 206 Å². The number of benzene rings is 1. The van der Waals surface area contributed by atoms with E-state index in [0.29, 0.717) is 37.2 Å². The van der Waals surface area contributed by atoms with Crippen LogP contribution < -0.4 is 10.5 Å². The summed E-state index contributed by atoms with van der Waals surface area (Å²) in [7, 11) is 3.74. The molecular formula is C24H25Cl2FN4O3. The highest BCUT2D eigenvalue weighted by molar-refractivity contribution is 6.36. The van der Waals surface area contributed by atoms with Gasteiger partial charge >= 0.3 is 0 Å². The monoisotopic (exact) mass is 506 g/mol. The fraction of sp³-hybridized carbons (Fsp3) is 0.333. The lowest BCUT2D eigenvalue weighted by Gasteiger charge is -2.27. The maximum absolute atomic E-state index is 14.0. The molecule has 1 aliphatic rings. The molecule has 2 aromatic heterocycles. The van der Waals surface area contributed by atoms with Crippen molar-refractivity contribution in [2.24, 2.45) is 0 Å². The number of hydrogen-bond donors (Lipinski definition) is 1. The van der Waals surface area contributed by atoms with Crippen molar-refractivity contribution >= 4 is 51.5 Å². The second-order valence-corrected chi connectivity index (χ2v) is 9.22. The van der Waals surface area contributed by atoms with Gasteiger partial charge in [-0.25, -0.2) is 9.37 Å². The number of fused-ring (bicyclic) bond motifs is 1. The Hall–Kier alpha value is -2.81. The lowest BCUT2D eigenvalue weighted by molar-refractivity contribution is -0.131. The molecule has 1 atom stereocenters. The zero-order chi connectivity index (χ0) is 24.6. The predicted octanol–water partition coefficient (Wildman–Crippen LogP) is 5.17. The molecule has 0 saturated carbocycles. The number of nitrogen functional groups attached to an aromatic ring is 1. The first kappa shape index (κ1) is 24.3. The molecule has 7 nitrogen and oxygen atoms in total. The predicted molar refractivity (Wildman–Crippen MR) is 132 cm³/mol. The lowest BCUT2D eigenvalue weighted by Crippen LogP contribution is -2.40. The van der Waals surface area contributed by atoms with E-state index in [1.807, 2.05) is 30.0 Å². The number of aromatic nitrogens is 1. The van der Waals surface area contributed by atoms with Crippen LogP contribution in [0.5, 0.6) is 5.75 Å². The van der Waals surface area contributed by atoms with Gasteiger partial charge in [0.1, 0.15) is 11.9 Å². The van der Waals surface area contributed by atoms with Crippen molar-refractivity contribution in [3.63, 3.8) is 0 Å². The summed E-state index contributed by atoms with van der Waals surface area (Å²) in [5.41, 5.74) is 8.74. The third-order valence-electron chi connectivity index (χ3n) is 5.74. The molecule has 180 valence electrons. The Kier molecular flexibility index (Phi) is 7.02. The lowest BCUT2D eigenvalue weighted by atomic mass is 9.99. The van der Waals surface area contributed by atoms with Crippen LogP contribution in [-0.2, 0) is 4.79 Å². The number of halogens is 3. The Morgan fingerprint density at radius 2 is 2.15 bits per heavy atom. The van der Waals surface area contributed by atoms with Gasteiger partial charge in [0.25, 0.3) is 0 Å². The van der Waals surface area contributed by atoms with Crippen molar-refractivity contribution in [1.82, 2.24) is 14.8 Å². The molecule has 0 spiro atoms. The van der Waals surface area contributed by atoms with E-state index < -0.39 is 11.9 Å². The van der Waals surface area contributed by atoms with Crippen molar-refractivity contribution < 1.29 is 18.3 Å². The number of pyridine rings is 1. The number of nitrogens with zero attached hydrogens (tertiary/aromatic N) is 3. The molecule has 4 rings (SSSR count). The Balaban J connectivity index is 1.62. The second kappa shape index (κ2) is 9.82. The fourth-order valence-electron chi connectivity index (χ4n) is 4.00. The van der Waals surface area contributed by atoms with E-state index in [1.165, 1.54) is 12.1 Å². The number of hydrogen-bond acceptors (Lipinski definition) is 6. The molecule has 1 aromatic carbocycles. The maximum atomic E-state index is 14.0. The first-order chi connectivity index (χ1) is 16.2. The molecule has 34 heavy (non-hydrogen) atoms. The van der Waals surface area contributed by atoms with Gasteiger partial charge in [0.05, 0.1) is 23.2 Å². The van der Waals surface area contributed by atoms with Crippen LogP contribution in [0.4, 0.5) is 10.2 Å². The molecule has 3 heterocycles. The van der Waals surface area contributed by atoms with E-state index in [1.54, 1.807) is 19.4 Å². The summed E-state index contributed by atoms with van der Waals surface area (Å²) in [5, 5.41) is 0.894. The average molecular weight is 507 g/mol. The molecule has 3 aromatic rings. The van der Waals surface area contributed by atoms with Gasteiger partial charge in [0, 0.05) is 35.4 Å². The van der Waals surface area contributed by atoms with E-state index in [-0.39, 0.29) is 27.5 Å². The van der Waals surface area contributed by atoms with E-state index >= 15 is 0 Å². The van der Waals surface area contributed by atoms with Gasteiger partial charge < -0.3 is 24.7 Å². The largest absolute Gasteiger partial charge is 0.478 e. The molecule has 1 amide bonds. The third-order valence-corrected chi connectivity index (χ3v) is 6.45. The molecular weight excluding hydrogens is 482 g/mol. The zero-order valence-corrected chi connectivity index (χ0v) is 20.6. The molecule has 0 radical (unpaired) electrons. The number of rotatable bonds is 6. The van der Waals surface area contributed by atoms with Gasteiger partial charge in [-0.1, -0.05) is 29.3 Å². The van der Waals surface area contributed by atoms with Gasteiger partial charge in [-0.05, 0) is 45.1 Å². The van der Waals surface area contributed by atoms with E-state index in [0.717, 1.165) is 16.5 Å². The molecule has 0 bridgehead atoms. The van der Waals surface area contributed by atoms with Gasteiger partial charge in [-0.2, -0.15) is 0 Å². The number of furan rings is 1. The first-order valence-corrected chi connectivity index (χ1v) is 11.5. The maximum Gasteiger partial charge on any atom is 0.237 e. The SMILES string of the molecule is CC(Oc1c(N)ncc2c(C3=CCN(C(=O)CN(C)C)CC3)coc12)c1c(Cl)ccc(F)c1Cl. The van der Waals surface area contributed by atoms with Crippen LogP contribution in [0.1, 0.15) is 30.6 Å². The summed E-state index contributed by atoms with van der Waals surface area (Å²) in [5.74, 6) is -0.150. The number of ether oxygens (including phenoxy) is 1. The molecule has 1 unspecified atom stereocenters. The van der Waals surface area contributed by atoms with Gasteiger partial charge in [-0.3, -0.25) is 4.79 Å². The van der Waals surface area contributed by atoms with Crippen molar-refractivity contribution in [1.29, 1.82) is 0 Å². The molecule has 1 aliphatic heterocycles. The van der Waals surface area contributed by atoms with Crippen LogP contribution in [0, 0.1) is 5.82 Å². The van der Waals surface area contributed by atoms with E-state index in [9.17, 15) is 9.18 Å². The summed E-state index contributed by atoms with van der Waals surface area (Å²) in [6.07, 6.45) is 5.25. The number of carbonyl (C=O) groups excluding carboxylic acids is 1. The van der Waals surface area contributed by atoms with Gasteiger partial charge in [0.15, 0.2) is 11.4 Å². The van der Waals surface area contributed by atoms with Crippen LogP contribution in [0.25, 0.3) is 16.5 Å². The molecule has 10 heteroatoms. The van der Waals surface area contributed by atoms with Crippen molar-refractivity contribution in [2.45, 2.75) is 19.4 Å². The Morgan fingerprint density at radius 1 is 1.38 bits per heavy atom. The average Bonchev–Trinajstić information content (AvgIpc) is 3.22. The number of nitrogens with two attached hydrogens (primary N) is 1. The summed E-state index contributed by atoms with van der Waals surface area (Å²) in [4.78, 5) is 20.3. The summed E-state index contributed by atoms with van der Waals surface area (Å²) in [6, 6.07) is 2.62.